The fourth-order valence-electron chi connectivity index (χ4n) is 3.15. The number of rotatable bonds is 5. The van der Waals surface area contributed by atoms with Crippen LogP contribution in [-0.2, 0) is 16.4 Å². The Morgan fingerprint density at radius 1 is 1.00 bits per heavy atom. The number of hydrogen-bond acceptors (Lipinski definition) is 4. The SMILES string of the molecule is O=C(Cc1ccc2cnn(S(=O)(=O)c3cc(Cl)ccc3F)c2c1)c1c(F)cccc1Cl. The smallest absolute Gasteiger partial charge is 0.286 e. The van der Waals surface area contributed by atoms with Crippen molar-refractivity contribution in [3.63, 3.8) is 0 Å². The first kappa shape index (κ1) is 21.4. The van der Waals surface area contributed by atoms with Crippen LogP contribution in [0.15, 0.2) is 65.7 Å². The fraction of sp³-hybridized carbons (Fsp3) is 0.0476. The summed E-state index contributed by atoms with van der Waals surface area (Å²) in [7, 11) is -4.41. The Labute approximate surface area is 185 Å². The number of ketones is 1. The van der Waals surface area contributed by atoms with Gasteiger partial charge in [0.2, 0.25) is 0 Å². The lowest BCUT2D eigenvalue weighted by molar-refractivity contribution is 0.0989. The maximum absolute atomic E-state index is 14.2. The first-order valence-electron chi connectivity index (χ1n) is 8.83. The number of fused-ring (bicyclic) bond motifs is 1. The normalized spacial score (nSPS) is 11.7. The highest BCUT2D eigenvalue weighted by Crippen LogP contribution is 2.26. The Balaban J connectivity index is 1.76. The number of aromatic nitrogens is 2. The van der Waals surface area contributed by atoms with Crippen LogP contribution in [0.25, 0.3) is 10.9 Å². The molecule has 0 bridgehead atoms. The second kappa shape index (κ2) is 8.03. The van der Waals surface area contributed by atoms with E-state index in [1.54, 1.807) is 12.1 Å². The molecule has 1 heterocycles. The second-order valence-electron chi connectivity index (χ2n) is 6.66. The highest BCUT2D eigenvalue weighted by atomic mass is 35.5. The van der Waals surface area contributed by atoms with Crippen LogP contribution in [0.2, 0.25) is 10.0 Å². The van der Waals surface area contributed by atoms with E-state index in [2.05, 4.69) is 5.10 Å². The third-order valence-electron chi connectivity index (χ3n) is 4.61. The van der Waals surface area contributed by atoms with Crippen molar-refractivity contribution in [1.29, 1.82) is 0 Å². The summed E-state index contributed by atoms with van der Waals surface area (Å²) in [6.07, 6.45) is 1.07. The molecule has 1 aromatic heterocycles. The lowest BCUT2D eigenvalue weighted by atomic mass is 10.0. The van der Waals surface area contributed by atoms with Crippen LogP contribution in [0.5, 0.6) is 0 Å². The minimum absolute atomic E-state index is 0.0184. The van der Waals surface area contributed by atoms with Crippen molar-refractivity contribution in [3.8, 4) is 0 Å². The Kier molecular flexibility index (Phi) is 5.55. The topological polar surface area (TPSA) is 69.0 Å². The molecule has 0 aliphatic rings. The summed E-state index contributed by atoms with van der Waals surface area (Å²) in [4.78, 5) is 12.0. The summed E-state index contributed by atoms with van der Waals surface area (Å²) in [5.41, 5.74) is 0.288. The summed E-state index contributed by atoms with van der Waals surface area (Å²) < 4.78 is 54.9. The van der Waals surface area contributed by atoms with Gasteiger partial charge in [0, 0.05) is 16.8 Å². The number of Topliss-reactive ketones (excluding diaryl/α,β-unsaturated/α-hetero) is 1. The third kappa shape index (κ3) is 3.94. The van der Waals surface area contributed by atoms with E-state index in [9.17, 15) is 22.0 Å². The summed E-state index contributed by atoms with van der Waals surface area (Å²) in [5, 5.41) is 4.35. The first-order valence-corrected chi connectivity index (χ1v) is 11.0. The van der Waals surface area contributed by atoms with Crippen molar-refractivity contribution in [2.24, 2.45) is 0 Å². The largest absolute Gasteiger partial charge is 0.294 e. The second-order valence-corrected chi connectivity index (χ2v) is 9.24. The first-order chi connectivity index (χ1) is 14.7. The van der Waals surface area contributed by atoms with Gasteiger partial charge in [0.15, 0.2) is 5.78 Å². The average molecular weight is 481 g/mol. The Morgan fingerprint density at radius 2 is 1.77 bits per heavy atom. The molecule has 0 radical (unpaired) electrons. The van der Waals surface area contributed by atoms with Gasteiger partial charge in [0.05, 0.1) is 22.3 Å². The molecule has 4 aromatic rings. The van der Waals surface area contributed by atoms with Gasteiger partial charge in [-0.3, -0.25) is 4.79 Å². The zero-order chi connectivity index (χ0) is 22.3. The van der Waals surface area contributed by atoms with Gasteiger partial charge >= 0.3 is 0 Å². The van der Waals surface area contributed by atoms with Crippen LogP contribution in [-0.4, -0.2) is 23.4 Å². The van der Waals surface area contributed by atoms with Crippen LogP contribution >= 0.6 is 23.2 Å². The quantitative estimate of drug-likeness (QED) is 0.364. The van der Waals surface area contributed by atoms with E-state index in [1.165, 1.54) is 30.5 Å². The van der Waals surface area contributed by atoms with E-state index >= 15 is 0 Å². The van der Waals surface area contributed by atoms with E-state index in [4.69, 9.17) is 23.2 Å². The lowest BCUT2D eigenvalue weighted by Crippen LogP contribution is -2.16. The predicted molar refractivity (Wildman–Crippen MR) is 113 cm³/mol. The maximum Gasteiger partial charge on any atom is 0.286 e. The van der Waals surface area contributed by atoms with Gasteiger partial charge in [0.25, 0.3) is 10.0 Å². The van der Waals surface area contributed by atoms with Crippen molar-refractivity contribution >= 4 is 49.9 Å². The standard InChI is InChI=1S/C21H12Cl2F2N2O3S/c22-14-6-7-16(24)20(10-14)31(29,30)27-18-8-12(4-5-13(18)11-26-27)9-19(28)21-15(23)2-1-3-17(21)25/h1-8,10-11H,9H2. The van der Waals surface area contributed by atoms with E-state index in [0.717, 1.165) is 18.2 Å². The predicted octanol–water partition coefficient (Wildman–Crippen LogP) is 5.28. The molecule has 4 rings (SSSR count). The van der Waals surface area contributed by atoms with Gasteiger partial charge in [-0.15, -0.1) is 0 Å². The van der Waals surface area contributed by atoms with Gasteiger partial charge in [0.1, 0.15) is 16.5 Å². The van der Waals surface area contributed by atoms with Gasteiger partial charge < -0.3 is 0 Å². The fourth-order valence-corrected chi connectivity index (χ4v) is 5.02. The minimum atomic E-state index is -4.41. The van der Waals surface area contributed by atoms with Crippen molar-refractivity contribution < 1.29 is 22.0 Å². The number of nitrogens with zero attached hydrogens (tertiary/aromatic N) is 2. The highest BCUT2D eigenvalue weighted by Gasteiger charge is 2.25. The molecule has 0 aliphatic heterocycles. The van der Waals surface area contributed by atoms with Gasteiger partial charge in [-0.1, -0.05) is 41.4 Å². The van der Waals surface area contributed by atoms with Crippen molar-refractivity contribution in [1.82, 2.24) is 9.19 Å². The number of benzene rings is 3. The maximum atomic E-state index is 14.2. The molecule has 0 aliphatic carbocycles. The third-order valence-corrected chi connectivity index (χ3v) is 6.77. The molecule has 0 unspecified atom stereocenters. The van der Waals surface area contributed by atoms with E-state index in [1.807, 2.05) is 0 Å². The van der Waals surface area contributed by atoms with Gasteiger partial charge in [-0.05, 0) is 42.0 Å². The molecule has 0 amide bonds. The van der Waals surface area contributed by atoms with Crippen LogP contribution in [0.4, 0.5) is 8.78 Å². The van der Waals surface area contributed by atoms with Crippen LogP contribution in [0.1, 0.15) is 15.9 Å². The van der Waals surface area contributed by atoms with Gasteiger partial charge in [-0.2, -0.15) is 17.6 Å². The Hall–Kier alpha value is -2.81. The molecular weight excluding hydrogens is 469 g/mol. The van der Waals surface area contributed by atoms with E-state index in [0.29, 0.717) is 15.0 Å². The highest BCUT2D eigenvalue weighted by molar-refractivity contribution is 7.90. The summed E-state index contributed by atoms with van der Waals surface area (Å²) >= 11 is 11.8. The molecule has 5 nitrogen and oxygen atoms in total. The average Bonchev–Trinajstić information content (AvgIpc) is 3.13. The zero-order valence-electron chi connectivity index (χ0n) is 15.5. The van der Waals surface area contributed by atoms with E-state index < -0.39 is 32.3 Å². The molecule has 10 heteroatoms. The number of hydrogen-bond donors (Lipinski definition) is 0. The lowest BCUT2D eigenvalue weighted by Gasteiger charge is -2.09. The molecule has 0 saturated carbocycles. The molecule has 3 aromatic carbocycles. The van der Waals surface area contributed by atoms with E-state index in [-0.39, 0.29) is 27.5 Å². The molecule has 0 fully saturated rings. The number of carbonyl (C=O) groups is 1. The molecular formula is C21H12Cl2F2N2O3S. The molecule has 158 valence electrons. The van der Waals surface area contributed by atoms with Crippen LogP contribution in [0, 0.1) is 11.6 Å². The molecule has 0 N–H and O–H groups in total. The summed E-state index contributed by atoms with van der Waals surface area (Å²) in [5.74, 6) is -2.30. The van der Waals surface area contributed by atoms with Crippen LogP contribution in [0.3, 0.4) is 0 Å². The Bertz CT molecular complexity index is 1430. The molecule has 31 heavy (non-hydrogen) atoms. The minimum Gasteiger partial charge on any atom is -0.294 e. The Morgan fingerprint density at radius 3 is 2.52 bits per heavy atom. The number of carbonyl (C=O) groups excluding carboxylic acids is 1. The molecule has 0 spiro atoms. The van der Waals surface area contributed by atoms with Crippen LogP contribution < -0.4 is 0 Å². The van der Waals surface area contributed by atoms with Crippen molar-refractivity contribution in [2.75, 3.05) is 0 Å². The molecule has 0 atom stereocenters. The summed E-state index contributed by atoms with van der Waals surface area (Å²) in [6, 6.07) is 11.7. The van der Waals surface area contributed by atoms with Crippen molar-refractivity contribution in [3.05, 3.63) is 93.6 Å². The monoisotopic (exact) mass is 480 g/mol. The van der Waals surface area contributed by atoms with Crippen molar-refractivity contribution in [2.45, 2.75) is 11.3 Å². The summed E-state index contributed by atoms with van der Waals surface area (Å²) in [6.45, 7) is 0. The zero-order valence-corrected chi connectivity index (χ0v) is 17.8. The number of halogens is 4. The molecule has 0 saturated heterocycles. The van der Waals surface area contributed by atoms with Gasteiger partial charge in [-0.25, -0.2) is 8.78 Å².